The van der Waals surface area contributed by atoms with Gasteiger partial charge in [0, 0.05) is 19.5 Å². The molecule has 1 aromatic rings. The maximum Gasteiger partial charge on any atom is 0.334 e. The highest BCUT2D eigenvalue weighted by molar-refractivity contribution is 5.60. The highest BCUT2D eigenvalue weighted by Crippen LogP contribution is 2.51. The van der Waals surface area contributed by atoms with Gasteiger partial charge in [0.25, 0.3) is 0 Å². The van der Waals surface area contributed by atoms with Gasteiger partial charge in [-0.3, -0.25) is 10.1 Å². The summed E-state index contributed by atoms with van der Waals surface area (Å²) in [5.74, 6) is 1.15. The number of nitro groups is 1. The minimum Gasteiger partial charge on any atom is -0.364 e. The van der Waals surface area contributed by atoms with Gasteiger partial charge < -0.3 is 5.32 Å². The van der Waals surface area contributed by atoms with Crippen molar-refractivity contribution >= 4 is 11.5 Å². The molecule has 1 aliphatic rings. The summed E-state index contributed by atoms with van der Waals surface area (Å²) in [6.45, 7) is 9.05. The number of rotatable bonds is 5. The van der Waals surface area contributed by atoms with Gasteiger partial charge in [-0.2, -0.15) is 5.10 Å². The summed E-state index contributed by atoms with van der Waals surface area (Å²) in [6, 6.07) is 0. The minimum absolute atomic E-state index is 0.0412. The Bertz CT molecular complexity index is 505. The highest BCUT2D eigenvalue weighted by Gasteiger charge is 2.45. The summed E-state index contributed by atoms with van der Waals surface area (Å²) >= 11 is 0. The molecule has 1 N–H and O–H groups in total. The van der Waals surface area contributed by atoms with Crippen molar-refractivity contribution in [2.45, 2.75) is 40.0 Å². The summed E-state index contributed by atoms with van der Waals surface area (Å²) < 4.78 is 1.59. The van der Waals surface area contributed by atoms with E-state index in [2.05, 4.69) is 24.3 Å². The van der Waals surface area contributed by atoms with Crippen LogP contribution in [0.25, 0.3) is 0 Å². The van der Waals surface area contributed by atoms with E-state index < -0.39 is 0 Å². The number of hydrogen-bond acceptors (Lipinski definition) is 4. The van der Waals surface area contributed by atoms with Crippen molar-refractivity contribution in [3.8, 4) is 0 Å². The SMILES string of the molecule is CC(C)c1nn(C)c(NCC2CC2(C)C)c1[N+](=O)[O-]. The molecule has 1 aromatic heterocycles. The normalized spacial score (nSPS) is 20.6. The van der Waals surface area contributed by atoms with Gasteiger partial charge in [-0.25, -0.2) is 4.68 Å². The van der Waals surface area contributed by atoms with E-state index in [0.29, 0.717) is 22.8 Å². The molecule has 6 nitrogen and oxygen atoms in total. The second kappa shape index (κ2) is 4.51. The van der Waals surface area contributed by atoms with Crippen LogP contribution in [0, 0.1) is 21.4 Å². The van der Waals surface area contributed by atoms with Crippen LogP contribution in [0.1, 0.15) is 45.7 Å². The molecule has 0 amide bonds. The molecule has 0 bridgehead atoms. The van der Waals surface area contributed by atoms with Crippen LogP contribution in [-0.4, -0.2) is 21.2 Å². The lowest BCUT2D eigenvalue weighted by atomic mass is 10.1. The van der Waals surface area contributed by atoms with E-state index in [1.165, 1.54) is 6.42 Å². The van der Waals surface area contributed by atoms with Crippen molar-refractivity contribution in [1.29, 1.82) is 0 Å². The number of hydrogen-bond donors (Lipinski definition) is 1. The van der Waals surface area contributed by atoms with Gasteiger partial charge in [-0.1, -0.05) is 27.7 Å². The molecule has 6 heteroatoms. The van der Waals surface area contributed by atoms with E-state index in [9.17, 15) is 10.1 Å². The average Bonchev–Trinajstić information content (AvgIpc) is 2.74. The standard InChI is InChI=1S/C13H22N4O2/c1-8(2)10-11(17(18)19)12(16(5)15-10)14-7-9-6-13(9,3)4/h8-9,14H,6-7H2,1-5H3. The van der Waals surface area contributed by atoms with Gasteiger partial charge in [0.1, 0.15) is 5.69 Å². The number of nitrogens with one attached hydrogen (secondary N) is 1. The summed E-state index contributed by atoms with van der Waals surface area (Å²) in [6.07, 6.45) is 1.17. The molecule has 0 aliphatic heterocycles. The van der Waals surface area contributed by atoms with Crippen LogP contribution in [0.5, 0.6) is 0 Å². The van der Waals surface area contributed by atoms with E-state index in [1.807, 2.05) is 13.8 Å². The van der Waals surface area contributed by atoms with Crippen molar-refractivity contribution in [2.24, 2.45) is 18.4 Å². The zero-order valence-corrected chi connectivity index (χ0v) is 12.2. The second-order valence-corrected chi connectivity index (χ2v) is 6.39. The zero-order chi connectivity index (χ0) is 14.4. The quantitative estimate of drug-likeness (QED) is 0.657. The Kier molecular flexibility index (Phi) is 3.28. The summed E-state index contributed by atoms with van der Waals surface area (Å²) in [5.41, 5.74) is 1.03. The molecule has 1 heterocycles. The van der Waals surface area contributed by atoms with Gasteiger partial charge >= 0.3 is 5.69 Å². The van der Waals surface area contributed by atoms with Crippen LogP contribution in [-0.2, 0) is 7.05 Å². The molecule has 1 aliphatic carbocycles. The van der Waals surface area contributed by atoms with Crippen LogP contribution in [0.4, 0.5) is 11.5 Å². The van der Waals surface area contributed by atoms with E-state index in [1.54, 1.807) is 11.7 Å². The average molecular weight is 266 g/mol. The monoisotopic (exact) mass is 266 g/mol. The Morgan fingerprint density at radius 3 is 2.58 bits per heavy atom. The first-order chi connectivity index (χ1) is 8.74. The van der Waals surface area contributed by atoms with Crippen molar-refractivity contribution in [2.75, 3.05) is 11.9 Å². The van der Waals surface area contributed by atoms with E-state index in [-0.39, 0.29) is 16.5 Å². The first-order valence-electron chi connectivity index (χ1n) is 6.69. The molecule has 1 saturated carbocycles. The molecular weight excluding hydrogens is 244 g/mol. The van der Waals surface area contributed by atoms with Gasteiger partial charge in [-0.15, -0.1) is 0 Å². The van der Waals surface area contributed by atoms with Gasteiger partial charge in [0.2, 0.25) is 5.82 Å². The lowest BCUT2D eigenvalue weighted by Crippen LogP contribution is -2.11. The Hall–Kier alpha value is -1.59. The number of aryl methyl sites for hydroxylation is 1. The van der Waals surface area contributed by atoms with E-state index in [0.717, 1.165) is 6.54 Å². The fraction of sp³-hybridized carbons (Fsp3) is 0.769. The molecule has 0 spiro atoms. The largest absolute Gasteiger partial charge is 0.364 e. The maximum absolute atomic E-state index is 11.3. The van der Waals surface area contributed by atoms with E-state index >= 15 is 0 Å². The molecule has 0 saturated heterocycles. The van der Waals surface area contributed by atoms with Crippen LogP contribution in [0.2, 0.25) is 0 Å². The molecule has 1 atom stereocenters. The molecule has 0 aromatic carbocycles. The summed E-state index contributed by atoms with van der Waals surface area (Å²) in [4.78, 5) is 10.9. The Labute approximate surface area is 113 Å². The lowest BCUT2D eigenvalue weighted by Gasteiger charge is -2.07. The molecule has 2 rings (SSSR count). The van der Waals surface area contributed by atoms with Gasteiger partial charge in [0.15, 0.2) is 0 Å². The van der Waals surface area contributed by atoms with Crippen molar-refractivity contribution in [1.82, 2.24) is 9.78 Å². The Morgan fingerprint density at radius 1 is 1.58 bits per heavy atom. The third-order valence-electron chi connectivity index (χ3n) is 4.01. The molecule has 1 unspecified atom stereocenters. The molecule has 0 radical (unpaired) electrons. The molecule has 1 fully saturated rings. The third-order valence-corrected chi connectivity index (χ3v) is 4.01. The van der Waals surface area contributed by atoms with Crippen LogP contribution < -0.4 is 5.32 Å². The minimum atomic E-state index is -0.331. The van der Waals surface area contributed by atoms with Crippen molar-refractivity contribution < 1.29 is 4.92 Å². The predicted octanol–water partition coefficient (Wildman–Crippen LogP) is 2.91. The third kappa shape index (κ3) is 2.57. The first-order valence-corrected chi connectivity index (χ1v) is 6.69. The van der Waals surface area contributed by atoms with Gasteiger partial charge in [-0.05, 0) is 17.8 Å². The predicted molar refractivity (Wildman–Crippen MR) is 74.3 cm³/mol. The van der Waals surface area contributed by atoms with Crippen LogP contribution in [0.15, 0.2) is 0 Å². The fourth-order valence-electron chi connectivity index (χ4n) is 2.45. The summed E-state index contributed by atoms with van der Waals surface area (Å²) in [5, 5.41) is 18.8. The van der Waals surface area contributed by atoms with Crippen LogP contribution in [0.3, 0.4) is 0 Å². The maximum atomic E-state index is 11.3. The van der Waals surface area contributed by atoms with Crippen LogP contribution >= 0.6 is 0 Å². The lowest BCUT2D eigenvalue weighted by molar-refractivity contribution is -0.384. The van der Waals surface area contributed by atoms with Gasteiger partial charge in [0.05, 0.1) is 4.92 Å². The molecular formula is C13H22N4O2. The Morgan fingerprint density at radius 2 is 2.16 bits per heavy atom. The molecule has 19 heavy (non-hydrogen) atoms. The first kappa shape index (κ1) is 13.8. The fourth-order valence-corrected chi connectivity index (χ4v) is 2.45. The van der Waals surface area contributed by atoms with Crippen molar-refractivity contribution in [3.05, 3.63) is 15.8 Å². The second-order valence-electron chi connectivity index (χ2n) is 6.39. The highest BCUT2D eigenvalue weighted by atomic mass is 16.6. The number of anilines is 1. The van der Waals surface area contributed by atoms with E-state index in [4.69, 9.17) is 0 Å². The number of aromatic nitrogens is 2. The molecule has 106 valence electrons. The Balaban J connectivity index is 2.21. The smallest absolute Gasteiger partial charge is 0.334 e. The van der Waals surface area contributed by atoms with Crippen molar-refractivity contribution in [3.63, 3.8) is 0 Å². The summed E-state index contributed by atoms with van der Waals surface area (Å²) in [7, 11) is 1.75. The topological polar surface area (TPSA) is 73.0 Å². The zero-order valence-electron chi connectivity index (χ0n) is 12.2. The number of nitrogens with zero attached hydrogens (tertiary/aromatic N) is 3.